The minimum Gasteiger partial charge on any atom is -0.300 e. The summed E-state index contributed by atoms with van der Waals surface area (Å²) in [6, 6.07) is 62.0. The summed E-state index contributed by atoms with van der Waals surface area (Å²) >= 11 is 0. The summed E-state index contributed by atoms with van der Waals surface area (Å²) in [6.07, 6.45) is 1.00. The molecule has 2 heteroatoms. The molecule has 2 unspecified atom stereocenters. The molecule has 0 bridgehead atoms. The van der Waals surface area contributed by atoms with Gasteiger partial charge in [0.2, 0.25) is 0 Å². The number of fused-ring (bicyclic) bond motifs is 4. The van der Waals surface area contributed by atoms with Crippen LogP contribution in [0.3, 0.4) is 0 Å². The quantitative estimate of drug-likeness (QED) is 0.104. The van der Waals surface area contributed by atoms with E-state index < -0.39 is 7.92 Å². The zero-order chi connectivity index (χ0) is 45.1. The fraction of sp³-hybridized carbons (Fsp3) is 0.254. The summed E-state index contributed by atoms with van der Waals surface area (Å²) in [6.45, 7) is 18.9. The number of carbonyl (C=O) groups is 1. The van der Waals surface area contributed by atoms with Crippen LogP contribution in [-0.2, 0) is 4.79 Å². The average molecular weight is 865 g/mol. The van der Waals surface area contributed by atoms with Crippen LogP contribution < -0.4 is 5.30 Å². The number of hydrogen-bond acceptors (Lipinski definition) is 1. The van der Waals surface area contributed by atoms with E-state index in [1.165, 1.54) is 104 Å². The smallest absolute Gasteiger partial charge is 0.134 e. The monoisotopic (exact) mass is 864 g/mol. The number of Topliss-reactive ketones (excluding diaryl/α,β-unsaturated/α-hetero) is 1. The maximum atomic E-state index is 15.2. The summed E-state index contributed by atoms with van der Waals surface area (Å²) in [5.74, 6) is 1.59. The van der Waals surface area contributed by atoms with Crippen molar-refractivity contribution in [1.29, 1.82) is 0 Å². The van der Waals surface area contributed by atoms with E-state index in [1.807, 2.05) is 0 Å². The van der Waals surface area contributed by atoms with Crippen LogP contribution in [0.1, 0.15) is 137 Å². The third-order valence-electron chi connectivity index (χ3n) is 14.4. The SMILES string of the molecule is CC(C)c1cccc(C(C)C)c1-c1cccc(-c2c(C(C)C)cccc2C(C)C)c1P1C(c2c3ccccc3cc3ccccc23)CC(=O)CC1c1c2ccccc2cc2ccccc12. The first-order valence-electron chi connectivity index (χ1n) is 24.0. The maximum Gasteiger partial charge on any atom is 0.134 e. The Kier molecular flexibility index (Phi) is 11.6. The first-order valence-corrected chi connectivity index (χ1v) is 25.5. The van der Waals surface area contributed by atoms with Crippen LogP contribution in [0, 0.1) is 0 Å². The summed E-state index contributed by atoms with van der Waals surface area (Å²) < 4.78 is 0. The molecule has 1 fully saturated rings. The Labute approximate surface area is 387 Å². The fourth-order valence-electron chi connectivity index (χ4n) is 11.5. The van der Waals surface area contributed by atoms with Gasteiger partial charge >= 0.3 is 0 Å². The lowest BCUT2D eigenvalue weighted by molar-refractivity contribution is -0.119. The van der Waals surface area contributed by atoms with E-state index in [-0.39, 0.29) is 11.3 Å². The summed E-state index contributed by atoms with van der Waals surface area (Å²) in [7, 11) is -1.20. The Morgan fingerprint density at radius 3 is 0.985 bits per heavy atom. The van der Waals surface area contributed by atoms with Crippen molar-refractivity contribution in [3.63, 3.8) is 0 Å². The van der Waals surface area contributed by atoms with E-state index >= 15 is 4.79 Å². The Morgan fingerprint density at radius 2 is 0.677 bits per heavy atom. The number of ketones is 1. The summed E-state index contributed by atoms with van der Waals surface area (Å²) in [5, 5.41) is 11.4. The van der Waals surface area contributed by atoms with Gasteiger partial charge < -0.3 is 0 Å². The van der Waals surface area contributed by atoms with Crippen molar-refractivity contribution in [2.75, 3.05) is 0 Å². The Balaban J connectivity index is 1.45. The second kappa shape index (κ2) is 17.5. The van der Waals surface area contributed by atoms with E-state index in [2.05, 4.69) is 219 Å². The standard InChI is InChI=1S/C63H61OP/c1-38(2)47-28-17-29-48(39(3)4)59(47)55-32-19-33-56(60-49(40(5)6)30-18-31-50(60)41(7)8)63(55)65-57(61-51-24-13-9-20-42(51)34-43-21-10-14-25-52(43)61)36-46(64)37-58(65)62-53-26-15-11-22-44(53)35-45-23-12-16-27-54(45)62/h9-35,38-41,57-58H,36-37H2,1-8H3. The Hall–Kier alpha value is -5.88. The van der Waals surface area contributed by atoms with Crippen molar-refractivity contribution in [2.24, 2.45) is 0 Å². The highest BCUT2D eigenvalue weighted by Crippen LogP contribution is 2.70. The van der Waals surface area contributed by atoms with Crippen LogP contribution in [0.4, 0.5) is 0 Å². The van der Waals surface area contributed by atoms with Gasteiger partial charge in [-0.15, -0.1) is 0 Å². The van der Waals surface area contributed by atoms with Crippen molar-refractivity contribution in [2.45, 2.75) is 103 Å². The number of benzene rings is 9. The zero-order valence-corrected chi connectivity index (χ0v) is 40.2. The molecule has 1 aliphatic rings. The van der Waals surface area contributed by atoms with Crippen LogP contribution in [0.2, 0.25) is 0 Å². The fourth-order valence-corrected chi connectivity index (χ4v) is 15.4. The molecule has 324 valence electrons. The van der Waals surface area contributed by atoms with Gasteiger partial charge in [0.15, 0.2) is 0 Å². The predicted molar refractivity (Wildman–Crippen MR) is 283 cm³/mol. The Bertz CT molecular complexity index is 2900. The molecule has 0 radical (unpaired) electrons. The van der Waals surface area contributed by atoms with Crippen molar-refractivity contribution < 1.29 is 4.79 Å². The molecular formula is C63H61OP. The number of carbonyl (C=O) groups excluding carboxylic acids is 1. The lowest BCUT2D eigenvalue weighted by Crippen LogP contribution is -2.27. The van der Waals surface area contributed by atoms with Crippen LogP contribution >= 0.6 is 7.92 Å². The highest BCUT2D eigenvalue weighted by molar-refractivity contribution is 7.67. The third-order valence-corrected chi connectivity index (χ3v) is 17.6. The third kappa shape index (κ3) is 7.51. The maximum absolute atomic E-state index is 15.2. The lowest BCUT2D eigenvalue weighted by atomic mass is 9.82. The molecular weight excluding hydrogens is 804 g/mol. The summed E-state index contributed by atoms with van der Waals surface area (Å²) in [5.41, 5.74) is 13.5. The summed E-state index contributed by atoms with van der Waals surface area (Å²) in [4.78, 5) is 15.2. The molecule has 2 atom stereocenters. The van der Waals surface area contributed by atoms with Crippen LogP contribution in [0.25, 0.3) is 65.3 Å². The molecule has 0 amide bonds. The molecule has 0 saturated carbocycles. The molecule has 10 rings (SSSR count). The highest BCUT2D eigenvalue weighted by Gasteiger charge is 2.44. The highest BCUT2D eigenvalue weighted by atomic mass is 31.1. The van der Waals surface area contributed by atoms with Gasteiger partial charge in [-0.25, -0.2) is 0 Å². The minimum atomic E-state index is -1.20. The van der Waals surface area contributed by atoms with E-state index in [0.29, 0.717) is 42.3 Å². The Morgan fingerprint density at radius 1 is 0.385 bits per heavy atom. The van der Waals surface area contributed by atoms with Crippen molar-refractivity contribution in [3.05, 3.63) is 197 Å². The van der Waals surface area contributed by atoms with Gasteiger partial charge in [-0.3, -0.25) is 4.79 Å². The average Bonchev–Trinajstić information content (AvgIpc) is 3.31. The predicted octanol–water partition coefficient (Wildman–Crippen LogP) is 18.1. The topological polar surface area (TPSA) is 17.1 Å². The van der Waals surface area contributed by atoms with E-state index in [1.54, 1.807) is 0 Å². The van der Waals surface area contributed by atoms with Gasteiger partial charge in [-0.05, 0) is 140 Å². The van der Waals surface area contributed by atoms with Gasteiger partial charge in [0, 0.05) is 24.2 Å². The van der Waals surface area contributed by atoms with Crippen LogP contribution in [0.15, 0.2) is 164 Å². The van der Waals surface area contributed by atoms with Crippen LogP contribution in [0.5, 0.6) is 0 Å². The number of hydrogen-bond donors (Lipinski definition) is 0. The van der Waals surface area contributed by atoms with Crippen molar-refractivity contribution in [1.82, 2.24) is 0 Å². The first kappa shape index (κ1) is 43.0. The second-order valence-electron chi connectivity index (χ2n) is 19.8. The van der Waals surface area contributed by atoms with Crippen molar-refractivity contribution in [3.8, 4) is 22.3 Å². The van der Waals surface area contributed by atoms with Gasteiger partial charge in [-0.1, -0.05) is 215 Å². The molecule has 1 heterocycles. The van der Waals surface area contributed by atoms with Gasteiger partial charge in [0.05, 0.1) is 0 Å². The number of rotatable bonds is 9. The van der Waals surface area contributed by atoms with Gasteiger partial charge in [0.25, 0.3) is 0 Å². The largest absolute Gasteiger partial charge is 0.300 e. The first-order chi connectivity index (χ1) is 31.5. The minimum absolute atomic E-state index is 0.0627. The molecule has 65 heavy (non-hydrogen) atoms. The van der Waals surface area contributed by atoms with E-state index in [4.69, 9.17) is 0 Å². The molecule has 0 aliphatic carbocycles. The molecule has 1 nitrogen and oxygen atoms in total. The molecule has 9 aromatic rings. The van der Waals surface area contributed by atoms with Gasteiger partial charge in [0.1, 0.15) is 5.78 Å². The zero-order valence-electron chi connectivity index (χ0n) is 39.3. The van der Waals surface area contributed by atoms with Crippen LogP contribution in [-0.4, -0.2) is 5.78 Å². The van der Waals surface area contributed by atoms with E-state index in [0.717, 1.165) is 0 Å². The van der Waals surface area contributed by atoms with Gasteiger partial charge in [-0.2, -0.15) is 0 Å². The normalized spacial score (nSPS) is 16.9. The molecule has 9 aromatic carbocycles. The lowest BCUT2D eigenvalue weighted by Gasteiger charge is -2.43. The molecule has 1 saturated heterocycles. The van der Waals surface area contributed by atoms with Crippen molar-refractivity contribution >= 4 is 62.1 Å². The molecule has 0 spiro atoms. The molecule has 0 aromatic heterocycles. The second-order valence-corrected chi connectivity index (χ2v) is 22.3. The molecule has 1 aliphatic heterocycles. The molecule has 0 N–H and O–H groups in total. The van der Waals surface area contributed by atoms with E-state index in [9.17, 15) is 0 Å².